The Balaban J connectivity index is 2.14. The van der Waals surface area contributed by atoms with Crippen molar-refractivity contribution in [3.8, 4) is 0 Å². The summed E-state index contributed by atoms with van der Waals surface area (Å²) in [5.74, 6) is 0.0129. The van der Waals surface area contributed by atoms with Crippen LogP contribution in [0.5, 0.6) is 0 Å². The molecule has 2 aromatic rings. The van der Waals surface area contributed by atoms with Gasteiger partial charge in [0.25, 0.3) is 5.91 Å². The van der Waals surface area contributed by atoms with Crippen LogP contribution in [0.25, 0.3) is 10.9 Å². The van der Waals surface area contributed by atoms with Gasteiger partial charge in [0, 0.05) is 37.8 Å². The van der Waals surface area contributed by atoms with Gasteiger partial charge >= 0.3 is 0 Å². The van der Waals surface area contributed by atoms with Crippen molar-refractivity contribution in [3.63, 3.8) is 0 Å². The third-order valence-corrected chi connectivity index (χ3v) is 3.58. The van der Waals surface area contributed by atoms with Gasteiger partial charge in [-0.05, 0) is 12.1 Å². The van der Waals surface area contributed by atoms with E-state index in [1.165, 1.54) is 0 Å². The van der Waals surface area contributed by atoms with Crippen molar-refractivity contribution < 1.29 is 4.79 Å². The van der Waals surface area contributed by atoms with E-state index in [2.05, 4.69) is 4.98 Å². The van der Waals surface area contributed by atoms with Crippen LogP contribution in [0.4, 0.5) is 0 Å². The van der Waals surface area contributed by atoms with E-state index < -0.39 is 0 Å². The van der Waals surface area contributed by atoms with Crippen LogP contribution in [0.2, 0.25) is 5.15 Å². The van der Waals surface area contributed by atoms with Crippen LogP contribution in [0, 0.1) is 0 Å². The van der Waals surface area contributed by atoms with Gasteiger partial charge in [0.15, 0.2) is 0 Å². The maximum atomic E-state index is 12.3. The Morgan fingerprint density at radius 1 is 1.44 bits per heavy atom. The van der Waals surface area contributed by atoms with E-state index >= 15 is 0 Å². The van der Waals surface area contributed by atoms with Crippen LogP contribution in [0.1, 0.15) is 10.5 Å². The van der Waals surface area contributed by atoms with Crippen LogP contribution in [-0.4, -0.2) is 40.0 Å². The molecule has 0 saturated heterocycles. The monoisotopic (exact) mass is 264 g/mol. The zero-order chi connectivity index (χ0) is 12.7. The summed E-state index contributed by atoms with van der Waals surface area (Å²) in [5.41, 5.74) is 7.14. The largest absolute Gasteiger partial charge is 0.335 e. The average molecular weight is 265 g/mol. The predicted octanol–water partition coefficient (Wildman–Crippen LogP) is 1.10. The van der Waals surface area contributed by atoms with Gasteiger partial charge in [-0.25, -0.2) is 4.98 Å². The first-order valence-electron chi connectivity index (χ1n) is 5.85. The van der Waals surface area contributed by atoms with E-state index in [9.17, 15) is 4.79 Å². The number of amides is 1. The predicted molar refractivity (Wildman–Crippen MR) is 69.7 cm³/mol. The summed E-state index contributed by atoms with van der Waals surface area (Å²) in [4.78, 5) is 18.1. The Bertz CT molecular complexity index is 622. The van der Waals surface area contributed by atoms with Gasteiger partial charge in [-0.2, -0.15) is 0 Å². The number of aromatic nitrogens is 2. The second-order valence-corrected chi connectivity index (χ2v) is 4.65. The van der Waals surface area contributed by atoms with E-state index in [-0.39, 0.29) is 5.91 Å². The van der Waals surface area contributed by atoms with E-state index in [0.29, 0.717) is 30.5 Å². The first-order valence-corrected chi connectivity index (χ1v) is 6.23. The second-order valence-electron chi connectivity index (χ2n) is 4.30. The number of carbonyl (C=O) groups is 1. The molecule has 1 aliphatic rings. The molecule has 1 amide bonds. The molecule has 0 unspecified atom stereocenters. The zero-order valence-corrected chi connectivity index (χ0v) is 10.5. The van der Waals surface area contributed by atoms with Crippen LogP contribution < -0.4 is 5.73 Å². The molecular formula is C12H13ClN4O. The maximum absolute atomic E-state index is 12.3. The number of pyridine rings is 1. The topological polar surface area (TPSA) is 64.2 Å². The van der Waals surface area contributed by atoms with E-state index in [4.69, 9.17) is 17.3 Å². The highest BCUT2D eigenvalue weighted by molar-refractivity contribution is 6.34. The van der Waals surface area contributed by atoms with E-state index in [1.807, 2.05) is 16.7 Å². The van der Waals surface area contributed by atoms with Gasteiger partial charge in [-0.3, -0.25) is 4.79 Å². The van der Waals surface area contributed by atoms with Crippen molar-refractivity contribution >= 4 is 28.4 Å². The third-order valence-electron chi connectivity index (χ3n) is 3.28. The van der Waals surface area contributed by atoms with Gasteiger partial charge in [-0.1, -0.05) is 11.6 Å². The fourth-order valence-electron chi connectivity index (χ4n) is 2.42. The van der Waals surface area contributed by atoms with E-state index in [0.717, 1.165) is 17.4 Å². The first-order chi connectivity index (χ1) is 8.72. The van der Waals surface area contributed by atoms with Gasteiger partial charge in [0.05, 0.1) is 5.52 Å². The molecule has 0 fully saturated rings. The number of hydrogen-bond acceptors (Lipinski definition) is 3. The number of rotatable bonds is 2. The molecule has 3 heterocycles. The SMILES string of the molecule is NCCN1CCn2c(cc3c(Cl)nccc32)C1=O. The number of carbonyl (C=O) groups excluding carboxylic acids is 1. The molecular weight excluding hydrogens is 252 g/mol. The van der Waals surface area contributed by atoms with Crippen molar-refractivity contribution in [3.05, 3.63) is 29.2 Å². The molecule has 2 aromatic heterocycles. The van der Waals surface area contributed by atoms with Gasteiger partial charge in [-0.15, -0.1) is 0 Å². The highest BCUT2D eigenvalue weighted by Crippen LogP contribution is 2.27. The Labute approximate surface area is 109 Å². The molecule has 0 aliphatic carbocycles. The molecule has 94 valence electrons. The van der Waals surface area contributed by atoms with Crippen molar-refractivity contribution in [1.82, 2.24) is 14.5 Å². The fraction of sp³-hybridized carbons (Fsp3) is 0.333. The standard InChI is InChI=1S/C12H13ClN4O/c13-11-8-7-10-12(18)16(4-2-14)5-6-17(10)9(8)1-3-15-11/h1,3,7H,2,4-6,14H2. The number of hydrogen-bond donors (Lipinski definition) is 1. The van der Waals surface area contributed by atoms with Crippen LogP contribution in [-0.2, 0) is 6.54 Å². The molecule has 0 radical (unpaired) electrons. The van der Waals surface area contributed by atoms with Gasteiger partial charge in [0.1, 0.15) is 10.8 Å². The molecule has 0 aromatic carbocycles. The molecule has 0 saturated carbocycles. The Morgan fingerprint density at radius 2 is 2.28 bits per heavy atom. The quantitative estimate of drug-likeness (QED) is 0.827. The summed E-state index contributed by atoms with van der Waals surface area (Å²) in [6, 6.07) is 3.70. The summed E-state index contributed by atoms with van der Waals surface area (Å²) in [6.07, 6.45) is 1.66. The number of fused-ring (bicyclic) bond motifs is 3. The summed E-state index contributed by atoms with van der Waals surface area (Å²) in [7, 11) is 0. The minimum absolute atomic E-state index is 0.0129. The van der Waals surface area contributed by atoms with Crippen LogP contribution >= 0.6 is 11.6 Å². The number of nitrogens with two attached hydrogens (primary N) is 1. The van der Waals surface area contributed by atoms with Crippen LogP contribution in [0.3, 0.4) is 0 Å². The Kier molecular flexibility index (Phi) is 2.72. The highest BCUT2D eigenvalue weighted by atomic mass is 35.5. The molecule has 3 rings (SSSR count). The van der Waals surface area contributed by atoms with E-state index in [1.54, 1.807) is 11.1 Å². The minimum Gasteiger partial charge on any atom is -0.335 e. The molecule has 18 heavy (non-hydrogen) atoms. The van der Waals surface area contributed by atoms with Crippen LogP contribution in [0.15, 0.2) is 18.3 Å². The van der Waals surface area contributed by atoms with Crippen molar-refractivity contribution in [2.24, 2.45) is 5.73 Å². The third kappa shape index (κ3) is 1.59. The molecule has 5 nitrogen and oxygen atoms in total. The Morgan fingerprint density at radius 3 is 3.06 bits per heavy atom. The summed E-state index contributed by atoms with van der Waals surface area (Å²) in [5, 5.41) is 1.27. The smallest absolute Gasteiger partial charge is 0.270 e. The Hall–Kier alpha value is -1.59. The fourth-order valence-corrected chi connectivity index (χ4v) is 2.63. The van der Waals surface area contributed by atoms with Crippen molar-refractivity contribution in [2.45, 2.75) is 6.54 Å². The van der Waals surface area contributed by atoms with Crippen molar-refractivity contribution in [1.29, 1.82) is 0 Å². The number of halogens is 1. The lowest BCUT2D eigenvalue weighted by Gasteiger charge is -2.28. The summed E-state index contributed by atoms with van der Waals surface area (Å²) >= 11 is 6.05. The lowest BCUT2D eigenvalue weighted by atomic mass is 10.3. The molecule has 0 bridgehead atoms. The molecule has 0 atom stereocenters. The first kappa shape index (κ1) is 11.5. The summed E-state index contributed by atoms with van der Waals surface area (Å²) in [6.45, 7) is 2.53. The lowest BCUT2D eigenvalue weighted by molar-refractivity contribution is 0.0712. The molecule has 2 N–H and O–H groups in total. The zero-order valence-electron chi connectivity index (χ0n) is 9.77. The average Bonchev–Trinajstić information content (AvgIpc) is 2.74. The highest BCUT2D eigenvalue weighted by Gasteiger charge is 2.26. The molecule has 1 aliphatic heterocycles. The van der Waals surface area contributed by atoms with Gasteiger partial charge < -0.3 is 15.2 Å². The molecule has 0 spiro atoms. The lowest BCUT2D eigenvalue weighted by Crippen LogP contribution is -2.42. The normalized spacial score (nSPS) is 15.2. The number of nitrogens with zero attached hydrogens (tertiary/aromatic N) is 3. The minimum atomic E-state index is 0.0129. The van der Waals surface area contributed by atoms with Gasteiger partial charge in [0.2, 0.25) is 0 Å². The maximum Gasteiger partial charge on any atom is 0.270 e. The van der Waals surface area contributed by atoms with Crippen molar-refractivity contribution in [2.75, 3.05) is 19.6 Å². The second kappa shape index (κ2) is 4.26. The summed E-state index contributed by atoms with van der Waals surface area (Å²) < 4.78 is 2.00. The molecule has 6 heteroatoms.